The van der Waals surface area contributed by atoms with Crippen molar-refractivity contribution in [3.63, 3.8) is 0 Å². The van der Waals surface area contributed by atoms with Gasteiger partial charge in [-0.05, 0) is 52.5 Å². The molecule has 1 aliphatic rings. The maximum atomic E-state index is 12.2. The summed E-state index contributed by atoms with van der Waals surface area (Å²) in [6, 6.07) is 2.60. The molecule has 21 heavy (non-hydrogen) atoms. The van der Waals surface area contributed by atoms with Crippen LogP contribution in [0, 0.1) is 0 Å². The lowest BCUT2D eigenvalue weighted by atomic mass is 9.92. The van der Waals surface area contributed by atoms with Crippen LogP contribution in [0.1, 0.15) is 24.1 Å². The van der Waals surface area contributed by atoms with Crippen LogP contribution in [0.15, 0.2) is 16.6 Å². The zero-order chi connectivity index (χ0) is 15.6. The van der Waals surface area contributed by atoms with E-state index in [1.807, 2.05) is 6.07 Å². The van der Waals surface area contributed by atoms with Gasteiger partial charge < -0.3 is 14.6 Å². The van der Waals surface area contributed by atoms with Crippen molar-refractivity contribution in [1.29, 1.82) is 0 Å². The Bertz CT molecular complexity index is 575. The maximum Gasteiger partial charge on any atom is 0.408 e. The second-order valence-electron chi connectivity index (χ2n) is 4.57. The molecule has 0 fully saturated rings. The van der Waals surface area contributed by atoms with Crippen molar-refractivity contribution in [2.24, 2.45) is 0 Å². The van der Waals surface area contributed by atoms with Gasteiger partial charge in [-0.15, -0.1) is 0 Å². The molecule has 1 atom stereocenters. The Kier molecular flexibility index (Phi) is 4.72. The second kappa shape index (κ2) is 6.34. The van der Waals surface area contributed by atoms with Gasteiger partial charge in [0.15, 0.2) is 6.04 Å². The van der Waals surface area contributed by atoms with E-state index in [9.17, 15) is 14.7 Å². The van der Waals surface area contributed by atoms with Crippen LogP contribution in [0.25, 0.3) is 0 Å². The molecule has 0 spiro atoms. The second-order valence-corrected chi connectivity index (χ2v) is 5.42. The first-order valence-corrected chi connectivity index (χ1v) is 7.31. The molecule has 0 aromatic heterocycles. The lowest BCUT2D eigenvalue weighted by Crippen LogP contribution is -2.43. The molecule has 114 valence electrons. The summed E-state index contributed by atoms with van der Waals surface area (Å²) in [6.07, 6.45) is -0.597. The fourth-order valence-electron chi connectivity index (χ4n) is 2.46. The van der Waals surface area contributed by atoms with Crippen LogP contribution < -0.4 is 4.74 Å². The first kappa shape index (κ1) is 15.6. The minimum atomic E-state index is -1.14. The molecule has 1 aromatic rings. The zero-order valence-electron chi connectivity index (χ0n) is 11.8. The van der Waals surface area contributed by atoms with Crippen LogP contribution in [-0.2, 0) is 16.0 Å². The summed E-state index contributed by atoms with van der Waals surface area (Å²) in [7, 11) is 1.52. The van der Waals surface area contributed by atoms with Crippen molar-refractivity contribution in [1.82, 2.24) is 4.90 Å². The van der Waals surface area contributed by atoms with Gasteiger partial charge >= 0.3 is 12.1 Å². The van der Waals surface area contributed by atoms with E-state index >= 15 is 0 Å². The molecule has 0 radical (unpaired) electrons. The minimum Gasteiger partial charge on any atom is -0.496 e. The summed E-state index contributed by atoms with van der Waals surface area (Å²) in [5, 5.41) is 9.31. The lowest BCUT2D eigenvalue weighted by molar-refractivity contribution is -0.149. The third kappa shape index (κ3) is 2.97. The fourth-order valence-corrected chi connectivity index (χ4v) is 3.01. The summed E-state index contributed by atoms with van der Waals surface area (Å²) in [4.78, 5) is 24.7. The standard InChI is InChI=1S/C14H16BrNO5/c1-3-21-13(17)12-9-7-11(20-2)10(15)6-8(9)4-5-16(12)14(18)19/h6-7,12H,3-5H2,1-2H3,(H,18,19). The van der Waals surface area contributed by atoms with Gasteiger partial charge in [0, 0.05) is 6.54 Å². The molecule has 1 aliphatic heterocycles. The number of halogens is 1. The average molecular weight is 358 g/mol. The molecule has 1 aromatic carbocycles. The Hall–Kier alpha value is -1.76. The number of hydrogen-bond acceptors (Lipinski definition) is 4. The Balaban J connectivity index is 2.52. The van der Waals surface area contributed by atoms with Gasteiger partial charge in [-0.2, -0.15) is 0 Å². The first-order chi connectivity index (χ1) is 9.99. The number of fused-ring (bicyclic) bond motifs is 1. The molecule has 2 rings (SSSR count). The number of nitrogens with zero attached hydrogens (tertiary/aromatic N) is 1. The molecule has 1 amide bonds. The molecule has 1 N–H and O–H groups in total. The van der Waals surface area contributed by atoms with Gasteiger partial charge in [0.25, 0.3) is 0 Å². The molecule has 0 saturated heterocycles. The predicted molar refractivity (Wildman–Crippen MR) is 78.5 cm³/mol. The summed E-state index contributed by atoms with van der Waals surface area (Å²) in [5.41, 5.74) is 1.53. The van der Waals surface area contributed by atoms with E-state index in [-0.39, 0.29) is 13.2 Å². The quantitative estimate of drug-likeness (QED) is 0.841. The number of ether oxygens (including phenoxy) is 2. The normalized spacial score (nSPS) is 17.1. The molecule has 0 aliphatic carbocycles. The van der Waals surface area contributed by atoms with Gasteiger partial charge in [0.2, 0.25) is 0 Å². The van der Waals surface area contributed by atoms with Crippen molar-refractivity contribution < 1.29 is 24.2 Å². The summed E-state index contributed by atoms with van der Waals surface area (Å²) in [5.74, 6) is -0.0134. The van der Waals surface area contributed by atoms with Crippen LogP contribution in [0.5, 0.6) is 5.75 Å². The summed E-state index contributed by atoms with van der Waals surface area (Å²) >= 11 is 3.40. The number of carboxylic acid groups (broad SMARTS) is 1. The number of hydrogen-bond donors (Lipinski definition) is 1. The highest BCUT2D eigenvalue weighted by molar-refractivity contribution is 9.10. The van der Waals surface area contributed by atoms with E-state index in [1.165, 1.54) is 7.11 Å². The third-order valence-electron chi connectivity index (χ3n) is 3.40. The van der Waals surface area contributed by atoms with Crippen molar-refractivity contribution in [2.75, 3.05) is 20.3 Å². The highest BCUT2D eigenvalue weighted by Crippen LogP contribution is 2.37. The van der Waals surface area contributed by atoms with Crippen molar-refractivity contribution in [2.45, 2.75) is 19.4 Å². The minimum absolute atomic E-state index is 0.200. The predicted octanol–water partition coefficient (Wildman–Crippen LogP) is 2.60. The molecule has 7 heteroatoms. The van der Waals surface area contributed by atoms with Crippen molar-refractivity contribution in [3.8, 4) is 5.75 Å². The van der Waals surface area contributed by atoms with Crippen LogP contribution in [0.3, 0.4) is 0 Å². The van der Waals surface area contributed by atoms with Crippen LogP contribution >= 0.6 is 15.9 Å². The summed E-state index contributed by atoms with van der Waals surface area (Å²) in [6.45, 7) is 2.14. The third-order valence-corrected chi connectivity index (χ3v) is 4.02. The first-order valence-electron chi connectivity index (χ1n) is 6.52. The molecular weight excluding hydrogens is 342 g/mol. The highest BCUT2D eigenvalue weighted by Gasteiger charge is 2.37. The average Bonchev–Trinajstić information content (AvgIpc) is 2.45. The number of carbonyl (C=O) groups is 2. The largest absolute Gasteiger partial charge is 0.496 e. The van der Waals surface area contributed by atoms with E-state index in [1.54, 1.807) is 13.0 Å². The van der Waals surface area contributed by atoms with Crippen LogP contribution in [0.2, 0.25) is 0 Å². The fraction of sp³-hybridized carbons (Fsp3) is 0.429. The number of methoxy groups -OCH3 is 1. The Morgan fingerprint density at radius 2 is 2.19 bits per heavy atom. The van der Waals surface area contributed by atoms with Gasteiger partial charge in [-0.3, -0.25) is 4.90 Å². The molecule has 1 unspecified atom stereocenters. The van der Waals surface area contributed by atoms with Crippen LogP contribution in [-0.4, -0.2) is 42.3 Å². The molecule has 1 heterocycles. The number of esters is 1. The van der Waals surface area contributed by atoms with E-state index in [2.05, 4.69) is 15.9 Å². The highest BCUT2D eigenvalue weighted by atomic mass is 79.9. The van der Waals surface area contributed by atoms with Gasteiger partial charge in [0.1, 0.15) is 5.75 Å². The lowest BCUT2D eigenvalue weighted by Gasteiger charge is -2.34. The topological polar surface area (TPSA) is 76.1 Å². The Morgan fingerprint density at radius 1 is 1.48 bits per heavy atom. The Morgan fingerprint density at radius 3 is 2.76 bits per heavy atom. The number of benzene rings is 1. The maximum absolute atomic E-state index is 12.2. The van der Waals surface area contributed by atoms with E-state index in [0.29, 0.717) is 17.7 Å². The smallest absolute Gasteiger partial charge is 0.408 e. The van der Waals surface area contributed by atoms with Crippen molar-refractivity contribution in [3.05, 3.63) is 27.7 Å². The molecule has 0 saturated carbocycles. The Labute approximate surface area is 130 Å². The van der Waals surface area contributed by atoms with E-state index < -0.39 is 18.1 Å². The SMILES string of the molecule is CCOC(=O)C1c2cc(OC)c(Br)cc2CCN1C(=O)O. The van der Waals surface area contributed by atoms with Gasteiger partial charge in [-0.1, -0.05) is 0 Å². The number of rotatable bonds is 3. The van der Waals surface area contributed by atoms with Crippen molar-refractivity contribution >= 4 is 28.0 Å². The molecule has 0 bridgehead atoms. The molecular formula is C14H16BrNO5. The summed E-state index contributed by atoms with van der Waals surface area (Å²) < 4.78 is 11.0. The zero-order valence-corrected chi connectivity index (χ0v) is 13.3. The van der Waals surface area contributed by atoms with Gasteiger partial charge in [0.05, 0.1) is 18.2 Å². The van der Waals surface area contributed by atoms with Gasteiger partial charge in [-0.25, -0.2) is 9.59 Å². The number of carbonyl (C=O) groups excluding carboxylic acids is 1. The van der Waals surface area contributed by atoms with E-state index in [0.717, 1.165) is 14.9 Å². The van der Waals surface area contributed by atoms with Crippen LogP contribution in [0.4, 0.5) is 4.79 Å². The number of amides is 1. The van der Waals surface area contributed by atoms with E-state index in [4.69, 9.17) is 9.47 Å². The molecule has 6 nitrogen and oxygen atoms in total. The monoisotopic (exact) mass is 357 g/mol.